The van der Waals surface area contributed by atoms with Crippen LogP contribution >= 0.6 is 0 Å². The number of hydrogen-bond donors (Lipinski definition) is 2. The first-order valence-corrected chi connectivity index (χ1v) is 7.32. The van der Waals surface area contributed by atoms with Gasteiger partial charge in [-0.05, 0) is 19.1 Å². The number of amides is 2. The summed E-state index contributed by atoms with van der Waals surface area (Å²) in [6.45, 7) is 2.94. The first-order chi connectivity index (χ1) is 11.1. The van der Waals surface area contributed by atoms with E-state index in [1.165, 1.54) is 0 Å². The van der Waals surface area contributed by atoms with Gasteiger partial charge in [-0.2, -0.15) is 0 Å². The van der Waals surface area contributed by atoms with Gasteiger partial charge in [0.2, 0.25) is 11.8 Å². The first kappa shape index (κ1) is 15.0. The second-order valence-corrected chi connectivity index (χ2v) is 5.35. The molecule has 2 amide bonds. The predicted molar refractivity (Wildman–Crippen MR) is 81.6 cm³/mol. The van der Waals surface area contributed by atoms with Crippen LogP contribution in [-0.4, -0.2) is 39.9 Å². The highest BCUT2D eigenvalue weighted by atomic mass is 16.5. The normalized spacial score (nSPS) is 17.5. The summed E-state index contributed by atoms with van der Waals surface area (Å²) in [6, 6.07) is 6.88. The molecular weight excluding hydrogens is 300 g/mol. The molecule has 0 radical (unpaired) electrons. The molecule has 1 atom stereocenters. The Morgan fingerprint density at radius 3 is 2.96 bits per heavy atom. The number of benzene rings is 1. The van der Waals surface area contributed by atoms with E-state index in [1.807, 2.05) is 6.92 Å². The van der Waals surface area contributed by atoms with Crippen LogP contribution in [0.2, 0.25) is 0 Å². The molecule has 0 bridgehead atoms. The number of nitrogens with one attached hydrogen (secondary N) is 2. The molecule has 120 valence electrons. The molecule has 1 aliphatic heterocycles. The van der Waals surface area contributed by atoms with Crippen molar-refractivity contribution in [1.82, 2.24) is 15.0 Å². The molecule has 8 nitrogen and oxygen atoms in total. The average molecular weight is 316 g/mol. The van der Waals surface area contributed by atoms with E-state index in [0.717, 1.165) is 0 Å². The third kappa shape index (κ3) is 3.15. The highest BCUT2D eigenvalue weighted by molar-refractivity contribution is 5.97. The summed E-state index contributed by atoms with van der Waals surface area (Å²) >= 11 is 0. The number of aromatic amines is 1. The summed E-state index contributed by atoms with van der Waals surface area (Å²) in [5.74, 6) is -0.891. The van der Waals surface area contributed by atoms with Gasteiger partial charge in [0.25, 0.3) is 0 Å². The van der Waals surface area contributed by atoms with Crippen molar-refractivity contribution in [1.29, 1.82) is 0 Å². The quantitative estimate of drug-likeness (QED) is 0.869. The van der Waals surface area contributed by atoms with Gasteiger partial charge in [-0.1, -0.05) is 17.3 Å². The molecule has 2 N–H and O–H groups in total. The third-order valence-electron chi connectivity index (χ3n) is 3.81. The van der Waals surface area contributed by atoms with Crippen LogP contribution in [0.25, 0.3) is 11.4 Å². The molecule has 2 aromatic rings. The molecule has 1 aromatic heterocycles. The van der Waals surface area contributed by atoms with Crippen LogP contribution in [0.1, 0.15) is 13.3 Å². The number of hydrogen-bond acceptors (Lipinski definition) is 5. The van der Waals surface area contributed by atoms with E-state index in [4.69, 9.17) is 0 Å². The van der Waals surface area contributed by atoms with Crippen LogP contribution in [0.15, 0.2) is 33.6 Å². The first-order valence-electron chi connectivity index (χ1n) is 7.32. The standard InChI is InChI=1S/C15H16N4O4/c1-2-19-8-10(7-12(19)20)14(21)16-11-5-3-4-9(6-11)13-17-15(22)23-18-13/h3-6,10H,2,7-8H2,1H3,(H,16,21)(H,17,18,22)/t10-/m0/s1. The van der Waals surface area contributed by atoms with E-state index < -0.39 is 5.76 Å². The van der Waals surface area contributed by atoms with Gasteiger partial charge in [0.15, 0.2) is 5.82 Å². The smallest absolute Gasteiger partial charge is 0.342 e. The topological polar surface area (TPSA) is 108 Å². The van der Waals surface area contributed by atoms with E-state index in [-0.39, 0.29) is 24.2 Å². The van der Waals surface area contributed by atoms with Crippen molar-refractivity contribution in [2.75, 3.05) is 18.4 Å². The predicted octanol–water partition coefficient (Wildman–Crippen LogP) is 0.837. The highest BCUT2D eigenvalue weighted by Gasteiger charge is 2.33. The Morgan fingerprint density at radius 1 is 1.48 bits per heavy atom. The summed E-state index contributed by atoms with van der Waals surface area (Å²) in [5, 5.41) is 6.41. The average Bonchev–Trinajstić information content (AvgIpc) is 3.13. The van der Waals surface area contributed by atoms with Crippen LogP contribution in [0, 0.1) is 5.92 Å². The highest BCUT2D eigenvalue weighted by Crippen LogP contribution is 2.22. The minimum Gasteiger partial charge on any atom is -0.342 e. The molecule has 1 aliphatic rings. The fourth-order valence-corrected chi connectivity index (χ4v) is 2.60. The molecule has 2 heterocycles. The second kappa shape index (κ2) is 6.07. The van der Waals surface area contributed by atoms with E-state index in [1.54, 1.807) is 29.2 Å². The summed E-state index contributed by atoms with van der Waals surface area (Å²) in [6.07, 6.45) is 0.232. The molecule has 3 rings (SSSR count). The monoisotopic (exact) mass is 316 g/mol. The van der Waals surface area contributed by atoms with Gasteiger partial charge in [-0.25, -0.2) is 4.79 Å². The molecule has 23 heavy (non-hydrogen) atoms. The van der Waals surface area contributed by atoms with E-state index >= 15 is 0 Å². The minimum atomic E-state index is -0.640. The van der Waals surface area contributed by atoms with Gasteiger partial charge in [0.05, 0.1) is 5.92 Å². The van der Waals surface area contributed by atoms with Crippen molar-refractivity contribution < 1.29 is 14.1 Å². The Hall–Kier alpha value is -2.90. The van der Waals surface area contributed by atoms with Crippen molar-refractivity contribution in [2.45, 2.75) is 13.3 Å². The summed E-state index contributed by atoms with van der Waals surface area (Å²) < 4.78 is 4.47. The number of nitrogens with zero attached hydrogens (tertiary/aromatic N) is 2. The summed E-state index contributed by atoms with van der Waals surface area (Å²) in [5.41, 5.74) is 1.19. The lowest BCUT2D eigenvalue weighted by atomic mass is 10.1. The Labute approximate surface area is 131 Å². The lowest BCUT2D eigenvalue weighted by Gasteiger charge is -2.13. The Bertz CT molecular complexity index is 795. The maximum atomic E-state index is 12.3. The molecule has 8 heteroatoms. The van der Waals surface area contributed by atoms with E-state index in [0.29, 0.717) is 30.2 Å². The Morgan fingerprint density at radius 2 is 2.30 bits per heavy atom. The third-order valence-corrected chi connectivity index (χ3v) is 3.81. The molecule has 1 saturated heterocycles. The van der Waals surface area contributed by atoms with Gasteiger partial charge in [-0.3, -0.25) is 19.1 Å². The maximum absolute atomic E-state index is 12.3. The lowest BCUT2D eigenvalue weighted by Crippen LogP contribution is -2.28. The Kier molecular flexibility index (Phi) is 3.96. The van der Waals surface area contributed by atoms with Crippen molar-refractivity contribution in [3.63, 3.8) is 0 Å². The van der Waals surface area contributed by atoms with Crippen molar-refractivity contribution in [3.05, 3.63) is 34.8 Å². The molecule has 0 aliphatic carbocycles. The minimum absolute atomic E-state index is 0.00146. The van der Waals surface area contributed by atoms with Crippen LogP contribution < -0.4 is 11.1 Å². The summed E-state index contributed by atoms with van der Waals surface area (Å²) in [4.78, 5) is 39.1. The zero-order valence-corrected chi connectivity index (χ0v) is 12.5. The van der Waals surface area contributed by atoms with Crippen LogP contribution in [0.3, 0.4) is 0 Å². The van der Waals surface area contributed by atoms with Gasteiger partial charge in [-0.15, -0.1) is 0 Å². The number of aromatic nitrogens is 2. The molecule has 1 fully saturated rings. The lowest BCUT2D eigenvalue weighted by molar-refractivity contribution is -0.128. The van der Waals surface area contributed by atoms with Crippen molar-refractivity contribution in [2.24, 2.45) is 5.92 Å². The van der Waals surface area contributed by atoms with Crippen LogP contribution in [-0.2, 0) is 9.59 Å². The number of anilines is 1. The largest absolute Gasteiger partial charge is 0.439 e. The number of H-pyrrole nitrogens is 1. The summed E-state index contributed by atoms with van der Waals surface area (Å²) in [7, 11) is 0. The molecule has 1 aromatic carbocycles. The van der Waals surface area contributed by atoms with E-state index in [9.17, 15) is 14.4 Å². The van der Waals surface area contributed by atoms with Crippen molar-refractivity contribution >= 4 is 17.5 Å². The SMILES string of the molecule is CCN1C[C@@H](C(=O)Nc2cccc(-c3noc(=O)[nH]3)c2)CC1=O. The van der Waals surface area contributed by atoms with Gasteiger partial charge in [0.1, 0.15) is 0 Å². The zero-order chi connectivity index (χ0) is 16.4. The zero-order valence-electron chi connectivity index (χ0n) is 12.5. The van der Waals surface area contributed by atoms with E-state index in [2.05, 4.69) is 20.0 Å². The number of carbonyl (C=O) groups is 2. The van der Waals surface area contributed by atoms with Crippen LogP contribution in [0.5, 0.6) is 0 Å². The fourth-order valence-electron chi connectivity index (χ4n) is 2.60. The second-order valence-electron chi connectivity index (χ2n) is 5.35. The van der Waals surface area contributed by atoms with Crippen LogP contribution in [0.4, 0.5) is 5.69 Å². The van der Waals surface area contributed by atoms with Gasteiger partial charge < -0.3 is 10.2 Å². The van der Waals surface area contributed by atoms with Crippen molar-refractivity contribution in [3.8, 4) is 11.4 Å². The molecular formula is C15H16N4O4. The Balaban J connectivity index is 1.72. The number of rotatable bonds is 4. The number of carbonyl (C=O) groups excluding carboxylic acids is 2. The molecule has 0 saturated carbocycles. The molecule has 0 unspecified atom stereocenters. The number of likely N-dealkylation sites (tertiary alicyclic amines) is 1. The fraction of sp³-hybridized carbons (Fsp3) is 0.333. The van der Waals surface area contributed by atoms with Gasteiger partial charge >= 0.3 is 5.76 Å². The van der Waals surface area contributed by atoms with Gasteiger partial charge in [0, 0.05) is 30.8 Å². The maximum Gasteiger partial charge on any atom is 0.439 e. The molecule has 0 spiro atoms.